The number of carbonyl (C=O) groups is 3. The van der Waals surface area contributed by atoms with Crippen molar-refractivity contribution in [1.82, 2.24) is 20.1 Å². The number of hydrogen-bond donors (Lipinski definition) is 1. The third kappa shape index (κ3) is 4.73. The molecule has 4 amide bonds. The van der Waals surface area contributed by atoms with E-state index in [1.807, 2.05) is 74.5 Å². The first-order valence-electron chi connectivity index (χ1n) is 11.6. The fraction of sp³-hybridized carbons (Fsp3) is 0.259. The van der Waals surface area contributed by atoms with Crippen LogP contribution < -0.4 is 10.1 Å². The molecule has 8 heteroatoms. The molecule has 8 nitrogen and oxygen atoms in total. The Morgan fingerprint density at radius 2 is 1.74 bits per heavy atom. The zero-order valence-corrected chi connectivity index (χ0v) is 19.8. The van der Waals surface area contributed by atoms with Crippen molar-refractivity contribution in [3.05, 3.63) is 84.2 Å². The fourth-order valence-corrected chi connectivity index (χ4v) is 4.55. The summed E-state index contributed by atoms with van der Waals surface area (Å²) in [6, 6.07) is 18.3. The number of nitrogens with zero attached hydrogens (tertiary/aromatic N) is 3. The largest absolute Gasteiger partial charge is 0.494 e. The van der Waals surface area contributed by atoms with Gasteiger partial charge in [-0.25, -0.2) is 4.79 Å². The van der Waals surface area contributed by atoms with E-state index in [2.05, 4.69) is 10.3 Å². The van der Waals surface area contributed by atoms with Crippen LogP contribution in [0.2, 0.25) is 0 Å². The Bertz CT molecular complexity index is 1200. The second-order valence-electron chi connectivity index (χ2n) is 8.27. The van der Waals surface area contributed by atoms with Gasteiger partial charge in [-0.3, -0.25) is 19.9 Å². The molecule has 1 unspecified atom stereocenters. The third-order valence-electron chi connectivity index (χ3n) is 6.17. The van der Waals surface area contributed by atoms with Crippen LogP contribution in [0.1, 0.15) is 25.0 Å². The normalized spacial score (nSPS) is 17.3. The summed E-state index contributed by atoms with van der Waals surface area (Å²) in [5.74, 6) is 0.261. The lowest BCUT2D eigenvalue weighted by molar-refractivity contribution is -0.130. The van der Waals surface area contributed by atoms with Gasteiger partial charge in [-0.05, 0) is 60.4 Å². The molecule has 1 fully saturated rings. The lowest BCUT2D eigenvalue weighted by Crippen LogP contribution is -2.54. The summed E-state index contributed by atoms with van der Waals surface area (Å²) >= 11 is 0. The van der Waals surface area contributed by atoms with Crippen molar-refractivity contribution in [2.45, 2.75) is 25.9 Å². The van der Waals surface area contributed by atoms with Crippen molar-refractivity contribution in [3.63, 3.8) is 0 Å². The molecule has 0 radical (unpaired) electrons. The molecule has 180 valence electrons. The monoisotopic (exact) mass is 472 g/mol. The maximum atomic E-state index is 13.3. The minimum atomic E-state index is -1.35. The fourth-order valence-electron chi connectivity index (χ4n) is 4.55. The van der Waals surface area contributed by atoms with E-state index in [0.29, 0.717) is 30.9 Å². The van der Waals surface area contributed by atoms with E-state index in [0.717, 1.165) is 16.7 Å². The number of pyridine rings is 1. The molecule has 1 N–H and O–H groups in total. The highest BCUT2D eigenvalue weighted by atomic mass is 16.5. The van der Waals surface area contributed by atoms with Gasteiger partial charge in [0, 0.05) is 25.5 Å². The van der Waals surface area contributed by atoms with Gasteiger partial charge in [0.2, 0.25) is 6.41 Å². The molecule has 0 bridgehead atoms. The summed E-state index contributed by atoms with van der Waals surface area (Å²) in [5.41, 5.74) is 2.10. The summed E-state index contributed by atoms with van der Waals surface area (Å²) < 4.78 is 5.57. The third-order valence-corrected chi connectivity index (χ3v) is 6.17. The highest BCUT2D eigenvalue weighted by molar-refractivity contribution is 6.07. The Balaban J connectivity index is 1.69. The molecule has 0 saturated carbocycles. The van der Waals surface area contributed by atoms with E-state index in [9.17, 15) is 14.4 Å². The van der Waals surface area contributed by atoms with E-state index >= 15 is 0 Å². The molecule has 2 aromatic carbocycles. The van der Waals surface area contributed by atoms with Crippen LogP contribution in [0, 0.1) is 0 Å². The van der Waals surface area contributed by atoms with E-state index in [4.69, 9.17) is 4.74 Å². The van der Waals surface area contributed by atoms with Crippen LogP contribution in [0.5, 0.6) is 5.75 Å². The van der Waals surface area contributed by atoms with Gasteiger partial charge < -0.3 is 14.5 Å². The number of carbonyl (C=O) groups excluding carboxylic acids is 3. The van der Waals surface area contributed by atoms with E-state index < -0.39 is 17.5 Å². The molecule has 1 aliphatic rings. The highest BCUT2D eigenvalue weighted by Gasteiger charge is 2.54. The first kappa shape index (κ1) is 23.9. The zero-order chi connectivity index (χ0) is 24.8. The lowest BCUT2D eigenvalue weighted by atomic mass is 9.86. The summed E-state index contributed by atoms with van der Waals surface area (Å²) in [4.78, 5) is 45.2. The summed E-state index contributed by atoms with van der Waals surface area (Å²) in [7, 11) is 0. The Morgan fingerprint density at radius 1 is 1.03 bits per heavy atom. The van der Waals surface area contributed by atoms with E-state index in [-0.39, 0.29) is 13.1 Å². The van der Waals surface area contributed by atoms with E-state index in [1.54, 1.807) is 12.4 Å². The maximum Gasteiger partial charge on any atom is 0.325 e. The Kier molecular flexibility index (Phi) is 7.10. The average Bonchev–Trinajstić information content (AvgIpc) is 3.13. The number of rotatable bonds is 10. The lowest BCUT2D eigenvalue weighted by Gasteiger charge is -2.38. The van der Waals surface area contributed by atoms with Gasteiger partial charge in [-0.15, -0.1) is 0 Å². The van der Waals surface area contributed by atoms with Gasteiger partial charge in [-0.1, -0.05) is 36.4 Å². The van der Waals surface area contributed by atoms with Crippen molar-refractivity contribution < 1.29 is 19.1 Å². The first-order valence-corrected chi connectivity index (χ1v) is 11.6. The predicted octanol–water partition coefficient (Wildman–Crippen LogP) is 3.57. The van der Waals surface area contributed by atoms with Crippen molar-refractivity contribution >= 4 is 18.3 Å². The molecule has 1 saturated heterocycles. The Hall–Kier alpha value is -4.20. The molecule has 3 aromatic rings. The average molecular weight is 473 g/mol. The molecule has 0 spiro atoms. The number of imide groups is 1. The van der Waals surface area contributed by atoms with Crippen LogP contribution in [-0.2, 0) is 21.7 Å². The number of ether oxygens (including phenoxy) is 1. The summed E-state index contributed by atoms with van der Waals surface area (Å²) in [6.45, 7) is 4.83. The molecule has 35 heavy (non-hydrogen) atoms. The van der Waals surface area contributed by atoms with Gasteiger partial charge in [0.25, 0.3) is 5.91 Å². The van der Waals surface area contributed by atoms with Crippen molar-refractivity contribution in [2.24, 2.45) is 0 Å². The minimum absolute atomic E-state index is 0.00931. The van der Waals surface area contributed by atoms with Crippen molar-refractivity contribution in [3.8, 4) is 16.9 Å². The zero-order valence-electron chi connectivity index (χ0n) is 19.8. The second-order valence-corrected chi connectivity index (χ2v) is 8.27. The number of amides is 4. The molecule has 1 atom stereocenters. The van der Waals surface area contributed by atoms with Crippen LogP contribution >= 0.6 is 0 Å². The number of nitrogens with one attached hydrogen (secondary N) is 1. The topological polar surface area (TPSA) is 91.8 Å². The van der Waals surface area contributed by atoms with Gasteiger partial charge >= 0.3 is 6.03 Å². The number of urea groups is 1. The van der Waals surface area contributed by atoms with Crippen LogP contribution in [0.4, 0.5) is 4.79 Å². The molecule has 4 rings (SSSR count). The molecular formula is C27H28N4O4. The van der Waals surface area contributed by atoms with Gasteiger partial charge in [-0.2, -0.15) is 0 Å². The minimum Gasteiger partial charge on any atom is -0.494 e. The maximum absolute atomic E-state index is 13.3. The first-order chi connectivity index (χ1) is 17.0. The molecule has 1 aliphatic heterocycles. The highest BCUT2D eigenvalue weighted by Crippen LogP contribution is 2.35. The van der Waals surface area contributed by atoms with Crippen LogP contribution in [0.15, 0.2) is 73.1 Å². The number of aromatic nitrogens is 1. The number of hydrogen-bond acceptors (Lipinski definition) is 5. The summed E-state index contributed by atoms with van der Waals surface area (Å²) in [6.07, 6.45) is 4.15. The standard InChI is InChI=1S/C27H28N4O4/c1-3-31-26(34)29-25(33)27(31,23-10-8-21(9-11-23)22-12-14-28-15-13-22)18-30(19-32)17-20-6-5-7-24(16-20)35-4-2/h5-16,19H,3-4,17-18H2,1-2H3,(H,29,33,34). The Labute approximate surface area is 204 Å². The van der Waals surface area contributed by atoms with Crippen molar-refractivity contribution in [1.29, 1.82) is 0 Å². The molecule has 0 aliphatic carbocycles. The quantitative estimate of drug-likeness (QED) is 0.360. The molecular weight excluding hydrogens is 444 g/mol. The summed E-state index contributed by atoms with van der Waals surface area (Å²) in [5, 5.41) is 2.45. The van der Waals surface area contributed by atoms with Crippen LogP contribution in [-0.4, -0.2) is 52.8 Å². The predicted molar refractivity (Wildman–Crippen MR) is 131 cm³/mol. The molecule has 1 aromatic heterocycles. The Morgan fingerprint density at radius 3 is 2.40 bits per heavy atom. The van der Waals surface area contributed by atoms with Crippen LogP contribution in [0.3, 0.4) is 0 Å². The number of benzene rings is 2. The number of likely N-dealkylation sites (N-methyl/N-ethyl adjacent to an activating group) is 1. The van der Waals surface area contributed by atoms with Crippen molar-refractivity contribution in [2.75, 3.05) is 19.7 Å². The SMILES string of the molecule is CCOc1cccc(CN(C=O)CC2(c3ccc(-c4ccncc4)cc3)C(=O)NC(=O)N2CC)c1. The second kappa shape index (κ2) is 10.4. The van der Waals surface area contributed by atoms with Gasteiger partial charge in [0.1, 0.15) is 5.75 Å². The van der Waals surface area contributed by atoms with Crippen LogP contribution in [0.25, 0.3) is 11.1 Å². The van der Waals surface area contributed by atoms with Gasteiger partial charge in [0.15, 0.2) is 5.54 Å². The van der Waals surface area contributed by atoms with E-state index in [1.165, 1.54) is 9.80 Å². The van der Waals surface area contributed by atoms with Gasteiger partial charge in [0.05, 0.1) is 13.2 Å². The smallest absolute Gasteiger partial charge is 0.325 e. The molecule has 2 heterocycles.